The minimum atomic E-state index is -0.795. The fourth-order valence-electron chi connectivity index (χ4n) is 3.76. The van der Waals surface area contributed by atoms with Crippen LogP contribution in [0.25, 0.3) is 0 Å². The molecule has 0 N–H and O–H groups in total. The summed E-state index contributed by atoms with van der Waals surface area (Å²) in [5.74, 6) is 0.0318. The Morgan fingerprint density at radius 1 is 1.29 bits per heavy atom. The molecule has 0 saturated heterocycles. The summed E-state index contributed by atoms with van der Waals surface area (Å²) in [5, 5.41) is 9.68. The molecule has 1 fully saturated rings. The maximum atomic E-state index is 13.2. The molecule has 1 heterocycles. The highest BCUT2D eigenvalue weighted by Crippen LogP contribution is 2.41. The van der Waals surface area contributed by atoms with Gasteiger partial charge in [0.15, 0.2) is 0 Å². The van der Waals surface area contributed by atoms with Crippen LogP contribution < -0.4 is 4.90 Å². The van der Waals surface area contributed by atoms with Crippen LogP contribution >= 0.6 is 0 Å². The van der Waals surface area contributed by atoms with Crippen LogP contribution in [0, 0.1) is 16.7 Å². The van der Waals surface area contributed by atoms with E-state index in [1.807, 2.05) is 23.1 Å². The van der Waals surface area contributed by atoms with Crippen molar-refractivity contribution < 1.29 is 4.79 Å². The smallest absolute Gasteiger partial charge is 0.247 e. The number of carbonyl (C=O) groups excluding carboxylic acids is 1. The van der Waals surface area contributed by atoms with Crippen LogP contribution in [0.4, 0.5) is 5.69 Å². The van der Waals surface area contributed by atoms with Crippen LogP contribution in [0.2, 0.25) is 0 Å². The van der Waals surface area contributed by atoms with Gasteiger partial charge in [-0.25, -0.2) is 0 Å². The lowest BCUT2D eigenvalue weighted by Gasteiger charge is -2.41. The number of nitrogens with zero attached hydrogens (tertiary/aromatic N) is 2. The number of aryl methyl sites for hydroxylation is 1. The maximum absolute atomic E-state index is 13.2. The van der Waals surface area contributed by atoms with Crippen molar-refractivity contribution in [3.8, 4) is 6.07 Å². The van der Waals surface area contributed by atoms with Gasteiger partial charge in [-0.05, 0) is 44.2 Å². The number of nitriles is 1. The number of fused-ring (bicyclic) bond motifs is 1. The lowest BCUT2D eigenvalue weighted by Crippen LogP contribution is -2.50. The van der Waals surface area contributed by atoms with Crippen LogP contribution in [0.1, 0.15) is 51.0 Å². The van der Waals surface area contributed by atoms with Gasteiger partial charge in [0.25, 0.3) is 0 Å². The fraction of sp³-hybridized carbons (Fsp3) is 0.556. The van der Waals surface area contributed by atoms with Gasteiger partial charge in [0.2, 0.25) is 5.91 Å². The number of anilines is 1. The molecule has 110 valence electrons. The highest BCUT2D eigenvalue weighted by molar-refractivity contribution is 6.00. The van der Waals surface area contributed by atoms with Crippen molar-refractivity contribution in [2.75, 3.05) is 4.90 Å². The molecule has 0 bridgehead atoms. The van der Waals surface area contributed by atoms with Crippen molar-refractivity contribution in [2.24, 2.45) is 5.41 Å². The standard InChI is InChI=1S/C18H22N2O/c1-14-9-10-15-7-3-4-8-16(15)20(14)17(21)18(13-19)11-5-2-6-12-18/h3-4,7-8,14H,2,5-6,9-12H2,1H3. The number of rotatable bonds is 1. The highest BCUT2D eigenvalue weighted by atomic mass is 16.2. The van der Waals surface area contributed by atoms with E-state index >= 15 is 0 Å². The van der Waals surface area contributed by atoms with E-state index in [1.165, 1.54) is 5.56 Å². The van der Waals surface area contributed by atoms with Crippen molar-refractivity contribution in [3.63, 3.8) is 0 Å². The zero-order valence-corrected chi connectivity index (χ0v) is 12.6. The van der Waals surface area contributed by atoms with Gasteiger partial charge < -0.3 is 4.90 Å². The van der Waals surface area contributed by atoms with Crippen molar-refractivity contribution in [1.82, 2.24) is 0 Å². The third-order valence-corrected chi connectivity index (χ3v) is 5.07. The topological polar surface area (TPSA) is 44.1 Å². The average Bonchev–Trinajstić information content (AvgIpc) is 2.55. The number of benzene rings is 1. The van der Waals surface area contributed by atoms with Gasteiger partial charge in [-0.15, -0.1) is 0 Å². The second-order valence-electron chi connectivity index (χ2n) is 6.45. The first-order valence-corrected chi connectivity index (χ1v) is 8.01. The Kier molecular flexibility index (Phi) is 3.71. The van der Waals surface area contributed by atoms with Gasteiger partial charge >= 0.3 is 0 Å². The quantitative estimate of drug-likeness (QED) is 0.785. The molecule has 0 radical (unpaired) electrons. The van der Waals surface area contributed by atoms with Crippen molar-refractivity contribution >= 4 is 11.6 Å². The predicted octanol–water partition coefficient (Wildman–Crippen LogP) is 3.83. The van der Waals surface area contributed by atoms with E-state index < -0.39 is 5.41 Å². The third kappa shape index (κ3) is 2.33. The average molecular weight is 282 g/mol. The van der Waals surface area contributed by atoms with E-state index in [0.717, 1.165) is 37.8 Å². The van der Waals surface area contributed by atoms with Gasteiger partial charge in [-0.2, -0.15) is 5.26 Å². The summed E-state index contributed by atoms with van der Waals surface area (Å²) in [6.45, 7) is 2.10. The Hall–Kier alpha value is -1.82. The van der Waals surface area contributed by atoms with Crippen molar-refractivity contribution in [2.45, 2.75) is 57.9 Å². The molecule has 0 aromatic heterocycles. The predicted molar refractivity (Wildman–Crippen MR) is 82.8 cm³/mol. The van der Waals surface area contributed by atoms with Crippen LogP contribution in [0.3, 0.4) is 0 Å². The SMILES string of the molecule is CC1CCc2ccccc2N1C(=O)C1(C#N)CCCCC1. The van der Waals surface area contributed by atoms with Crippen LogP contribution in [-0.4, -0.2) is 11.9 Å². The molecule has 3 nitrogen and oxygen atoms in total. The monoisotopic (exact) mass is 282 g/mol. The number of hydrogen-bond acceptors (Lipinski definition) is 2. The Balaban J connectivity index is 1.99. The Bertz CT molecular complexity index is 581. The zero-order chi connectivity index (χ0) is 14.9. The van der Waals surface area contributed by atoms with Gasteiger partial charge in [-0.3, -0.25) is 4.79 Å². The Morgan fingerprint density at radius 3 is 2.71 bits per heavy atom. The van der Waals surface area contributed by atoms with E-state index in [4.69, 9.17) is 0 Å². The molecule has 1 aliphatic carbocycles. The van der Waals surface area contributed by atoms with E-state index in [2.05, 4.69) is 19.1 Å². The van der Waals surface area contributed by atoms with Gasteiger partial charge in [0.1, 0.15) is 5.41 Å². The molecular weight excluding hydrogens is 260 g/mol. The molecule has 1 amide bonds. The number of para-hydroxylation sites is 1. The summed E-state index contributed by atoms with van der Waals surface area (Å²) in [4.78, 5) is 15.1. The second-order valence-corrected chi connectivity index (χ2v) is 6.45. The maximum Gasteiger partial charge on any atom is 0.247 e. The summed E-state index contributed by atoms with van der Waals surface area (Å²) in [6.07, 6.45) is 6.54. The lowest BCUT2D eigenvalue weighted by atomic mass is 9.73. The first-order valence-electron chi connectivity index (χ1n) is 8.01. The molecule has 0 spiro atoms. The van der Waals surface area contributed by atoms with Crippen LogP contribution in [0.15, 0.2) is 24.3 Å². The first-order chi connectivity index (χ1) is 10.2. The highest BCUT2D eigenvalue weighted by Gasteiger charge is 2.45. The van der Waals surface area contributed by atoms with E-state index in [9.17, 15) is 10.1 Å². The third-order valence-electron chi connectivity index (χ3n) is 5.07. The molecule has 1 aliphatic heterocycles. The molecule has 3 heteroatoms. The largest absolute Gasteiger partial charge is 0.308 e. The fourth-order valence-corrected chi connectivity index (χ4v) is 3.76. The molecule has 2 aliphatic rings. The molecule has 21 heavy (non-hydrogen) atoms. The lowest BCUT2D eigenvalue weighted by molar-refractivity contribution is -0.127. The normalized spacial score (nSPS) is 24.0. The summed E-state index contributed by atoms with van der Waals surface area (Å²) in [5.41, 5.74) is 1.45. The zero-order valence-electron chi connectivity index (χ0n) is 12.6. The van der Waals surface area contributed by atoms with Gasteiger partial charge in [0.05, 0.1) is 6.07 Å². The number of hydrogen-bond donors (Lipinski definition) is 0. The molecule has 3 rings (SSSR count). The Labute approximate surface area is 126 Å². The molecular formula is C18H22N2O. The summed E-state index contributed by atoms with van der Waals surface area (Å²) in [6, 6.07) is 10.7. The molecule has 1 atom stereocenters. The van der Waals surface area contributed by atoms with Crippen molar-refractivity contribution in [1.29, 1.82) is 5.26 Å². The molecule has 1 unspecified atom stereocenters. The van der Waals surface area contributed by atoms with Gasteiger partial charge in [0, 0.05) is 11.7 Å². The summed E-state index contributed by atoms with van der Waals surface area (Å²) >= 11 is 0. The minimum Gasteiger partial charge on any atom is -0.308 e. The Morgan fingerprint density at radius 2 is 2.00 bits per heavy atom. The number of carbonyl (C=O) groups is 1. The van der Waals surface area contributed by atoms with Crippen LogP contribution in [0.5, 0.6) is 0 Å². The second kappa shape index (κ2) is 5.52. The molecule has 1 saturated carbocycles. The molecule has 1 aromatic carbocycles. The first kappa shape index (κ1) is 14.1. The summed E-state index contributed by atoms with van der Waals surface area (Å²) in [7, 11) is 0. The van der Waals surface area contributed by atoms with Gasteiger partial charge in [-0.1, -0.05) is 37.5 Å². The number of amides is 1. The van der Waals surface area contributed by atoms with E-state index in [0.29, 0.717) is 12.8 Å². The van der Waals surface area contributed by atoms with E-state index in [1.54, 1.807) is 0 Å². The van der Waals surface area contributed by atoms with Crippen LogP contribution in [-0.2, 0) is 11.2 Å². The van der Waals surface area contributed by atoms with E-state index in [-0.39, 0.29) is 11.9 Å². The minimum absolute atomic E-state index is 0.0318. The summed E-state index contributed by atoms with van der Waals surface area (Å²) < 4.78 is 0. The van der Waals surface area contributed by atoms with Crippen molar-refractivity contribution in [3.05, 3.63) is 29.8 Å². The molecule has 1 aromatic rings.